The summed E-state index contributed by atoms with van der Waals surface area (Å²) in [6.07, 6.45) is 0. The van der Waals surface area contributed by atoms with Crippen molar-refractivity contribution in [2.45, 2.75) is 20.8 Å². The summed E-state index contributed by atoms with van der Waals surface area (Å²) in [6.45, 7) is 9.10. The standard InChI is InChI=1S/C16H26N2O5S/c1-4-22-15-12-14(18-7-9-21-10-8-18)16(23-5-2)11-13(15)17-24(19,20)6-3/h11-12,17H,4-10H2,1-3H3. The molecule has 0 unspecified atom stereocenters. The van der Waals surface area contributed by atoms with Gasteiger partial charge in [0, 0.05) is 25.2 Å². The lowest BCUT2D eigenvalue weighted by Crippen LogP contribution is -2.36. The molecule has 0 amide bonds. The van der Waals surface area contributed by atoms with Gasteiger partial charge in [-0.2, -0.15) is 0 Å². The number of rotatable bonds is 8. The summed E-state index contributed by atoms with van der Waals surface area (Å²) < 4.78 is 43.3. The molecular formula is C16H26N2O5S. The van der Waals surface area contributed by atoms with E-state index in [1.807, 2.05) is 19.9 Å². The second kappa shape index (κ2) is 8.43. The molecule has 2 rings (SSSR count). The summed E-state index contributed by atoms with van der Waals surface area (Å²) in [5.41, 5.74) is 1.29. The summed E-state index contributed by atoms with van der Waals surface area (Å²) in [6, 6.07) is 3.54. The maximum absolute atomic E-state index is 11.9. The van der Waals surface area contributed by atoms with Crippen LogP contribution in [0.5, 0.6) is 11.5 Å². The third-order valence-corrected chi connectivity index (χ3v) is 4.95. The average molecular weight is 358 g/mol. The van der Waals surface area contributed by atoms with E-state index in [1.54, 1.807) is 13.0 Å². The third-order valence-electron chi connectivity index (χ3n) is 3.66. The number of hydrogen-bond donors (Lipinski definition) is 1. The van der Waals surface area contributed by atoms with Crippen LogP contribution < -0.4 is 19.1 Å². The highest BCUT2D eigenvalue weighted by atomic mass is 32.2. The van der Waals surface area contributed by atoms with Gasteiger partial charge in [0.1, 0.15) is 11.5 Å². The number of sulfonamides is 1. The van der Waals surface area contributed by atoms with Crippen LogP contribution in [0.3, 0.4) is 0 Å². The second-order valence-corrected chi connectivity index (χ2v) is 7.30. The Morgan fingerprint density at radius 1 is 1.08 bits per heavy atom. The quantitative estimate of drug-likeness (QED) is 0.767. The van der Waals surface area contributed by atoms with Crippen molar-refractivity contribution >= 4 is 21.4 Å². The Morgan fingerprint density at radius 3 is 2.29 bits per heavy atom. The minimum Gasteiger partial charge on any atom is -0.492 e. The molecular weight excluding hydrogens is 332 g/mol. The zero-order chi connectivity index (χ0) is 17.6. The number of benzene rings is 1. The van der Waals surface area contributed by atoms with Crippen LogP contribution in [0.1, 0.15) is 20.8 Å². The fourth-order valence-corrected chi connectivity index (χ4v) is 3.11. The maximum atomic E-state index is 11.9. The van der Waals surface area contributed by atoms with Gasteiger partial charge in [0.05, 0.1) is 43.6 Å². The second-order valence-electron chi connectivity index (χ2n) is 5.29. The first-order valence-electron chi connectivity index (χ1n) is 8.27. The molecule has 0 spiro atoms. The van der Waals surface area contributed by atoms with Gasteiger partial charge in [0.15, 0.2) is 0 Å². The van der Waals surface area contributed by atoms with E-state index in [9.17, 15) is 8.42 Å². The molecule has 0 bridgehead atoms. The van der Waals surface area contributed by atoms with Crippen LogP contribution in [0, 0.1) is 0 Å². The van der Waals surface area contributed by atoms with Gasteiger partial charge in [0.2, 0.25) is 10.0 Å². The molecule has 1 aromatic carbocycles. The van der Waals surface area contributed by atoms with E-state index in [1.165, 1.54) is 0 Å². The van der Waals surface area contributed by atoms with E-state index in [0.717, 1.165) is 18.8 Å². The zero-order valence-corrected chi connectivity index (χ0v) is 15.3. The van der Waals surface area contributed by atoms with Gasteiger partial charge in [-0.1, -0.05) is 0 Å². The van der Waals surface area contributed by atoms with E-state index < -0.39 is 10.0 Å². The van der Waals surface area contributed by atoms with Crippen molar-refractivity contribution in [3.8, 4) is 11.5 Å². The molecule has 0 aliphatic carbocycles. The molecule has 0 radical (unpaired) electrons. The molecule has 1 N–H and O–H groups in total. The first kappa shape index (κ1) is 18.7. The molecule has 0 saturated carbocycles. The summed E-state index contributed by atoms with van der Waals surface area (Å²) in [5.74, 6) is 1.13. The lowest BCUT2D eigenvalue weighted by atomic mass is 10.2. The number of ether oxygens (including phenoxy) is 3. The first-order chi connectivity index (χ1) is 11.5. The lowest BCUT2D eigenvalue weighted by molar-refractivity contribution is 0.122. The van der Waals surface area contributed by atoms with Gasteiger partial charge in [-0.25, -0.2) is 8.42 Å². The van der Waals surface area contributed by atoms with Crippen LogP contribution in [0.15, 0.2) is 12.1 Å². The normalized spacial score (nSPS) is 15.2. The first-order valence-corrected chi connectivity index (χ1v) is 9.92. The number of nitrogens with one attached hydrogen (secondary N) is 1. The number of hydrogen-bond acceptors (Lipinski definition) is 6. The van der Waals surface area contributed by atoms with Gasteiger partial charge < -0.3 is 19.1 Å². The Labute approximate surface area is 143 Å². The van der Waals surface area contributed by atoms with Crippen molar-refractivity contribution in [3.05, 3.63) is 12.1 Å². The largest absolute Gasteiger partial charge is 0.492 e. The highest BCUT2D eigenvalue weighted by Crippen LogP contribution is 2.39. The van der Waals surface area contributed by atoms with Crippen molar-refractivity contribution in [1.29, 1.82) is 0 Å². The molecule has 1 heterocycles. The van der Waals surface area contributed by atoms with Crippen LogP contribution in [0.4, 0.5) is 11.4 Å². The molecule has 1 aliphatic heterocycles. The Balaban J connectivity index is 2.45. The molecule has 1 saturated heterocycles. The predicted octanol–water partition coefficient (Wildman–Crippen LogP) is 2.08. The minimum absolute atomic E-state index is 0.00620. The van der Waals surface area contributed by atoms with Crippen molar-refractivity contribution in [2.75, 3.05) is 54.9 Å². The molecule has 1 fully saturated rings. The highest BCUT2D eigenvalue weighted by Gasteiger charge is 2.21. The Hall–Kier alpha value is -1.67. The predicted molar refractivity (Wildman–Crippen MR) is 94.9 cm³/mol. The maximum Gasteiger partial charge on any atom is 0.232 e. The molecule has 0 aromatic heterocycles. The minimum atomic E-state index is -3.40. The molecule has 1 aromatic rings. The number of anilines is 2. The fourth-order valence-electron chi connectivity index (χ4n) is 2.47. The van der Waals surface area contributed by atoms with E-state index in [2.05, 4.69) is 9.62 Å². The van der Waals surface area contributed by atoms with E-state index >= 15 is 0 Å². The molecule has 8 heteroatoms. The summed E-state index contributed by atoms with van der Waals surface area (Å²) >= 11 is 0. The topological polar surface area (TPSA) is 77.1 Å². The average Bonchev–Trinajstić information content (AvgIpc) is 2.58. The van der Waals surface area contributed by atoms with Crippen LogP contribution in [0.2, 0.25) is 0 Å². The SMILES string of the molecule is CCOc1cc(N2CCOCC2)c(OCC)cc1NS(=O)(=O)CC. The lowest BCUT2D eigenvalue weighted by Gasteiger charge is -2.31. The van der Waals surface area contributed by atoms with Crippen molar-refractivity contribution in [1.82, 2.24) is 0 Å². The summed E-state index contributed by atoms with van der Waals surface area (Å²) in [5, 5.41) is 0. The fraction of sp³-hybridized carbons (Fsp3) is 0.625. The van der Waals surface area contributed by atoms with Crippen molar-refractivity contribution in [3.63, 3.8) is 0 Å². The Kier molecular flexibility index (Phi) is 6.56. The summed E-state index contributed by atoms with van der Waals surface area (Å²) in [4.78, 5) is 2.16. The van der Waals surface area contributed by atoms with Gasteiger partial charge in [0.25, 0.3) is 0 Å². The van der Waals surface area contributed by atoms with E-state index in [0.29, 0.717) is 43.6 Å². The Morgan fingerprint density at radius 2 is 1.71 bits per heavy atom. The smallest absolute Gasteiger partial charge is 0.232 e. The van der Waals surface area contributed by atoms with Crippen LogP contribution >= 0.6 is 0 Å². The van der Waals surface area contributed by atoms with Crippen LogP contribution in [0.25, 0.3) is 0 Å². The van der Waals surface area contributed by atoms with Gasteiger partial charge >= 0.3 is 0 Å². The van der Waals surface area contributed by atoms with E-state index in [4.69, 9.17) is 14.2 Å². The van der Waals surface area contributed by atoms with Gasteiger partial charge in [-0.15, -0.1) is 0 Å². The van der Waals surface area contributed by atoms with Gasteiger partial charge in [-0.3, -0.25) is 4.72 Å². The third kappa shape index (κ3) is 4.67. The molecule has 1 aliphatic rings. The monoisotopic (exact) mass is 358 g/mol. The van der Waals surface area contributed by atoms with Crippen molar-refractivity contribution in [2.24, 2.45) is 0 Å². The van der Waals surface area contributed by atoms with Crippen LogP contribution in [-0.2, 0) is 14.8 Å². The Bertz CT molecular complexity index is 642. The number of nitrogens with zero attached hydrogens (tertiary/aromatic N) is 1. The molecule has 7 nitrogen and oxygen atoms in total. The summed E-state index contributed by atoms with van der Waals surface area (Å²) in [7, 11) is -3.40. The van der Waals surface area contributed by atoms with E-state index in [-0.39, 0.29) is 5.75 Å². The van der Waals surface area contributed by atoms with Crippen LogP contribution in [-0.4, -0.2) is 53.7 Å². The highest BCUT2D eigenvalue weighted by molar-refractivity contribution is 7.92. The molecule has 136 valence electrons. The molecule has 0 atom stereocenters. The van der Waals surface area contributed by atoms with Crippen molar-refractivity contribution < 1.29 is 22.6 Å². The zero-order valence-electron chi connectivity index (χ0n) is 14.5. The number of morpholine rings is 1. The molecule has 24 heavy (non-hydrogen) atoms. The van der Waals surface area contributed by atoms with Gasteiger partial charge in [-0.05, 0) is 20.8 Å².